The van der Waals surface area contributed by atoms with E-state index in [0.717, 1.165) is 12.2 Å². The van der Waals surface area contributed by atoms with Crippen LogP contribution in [-0.2, 0) is 10.0 Å². The molecule has 0 amide bonds. The molecule has 1 aromatic carbocycles. The van der Waals surface area contributed by atoms with Crippen molar-refractivity contribution in [1.82, 2.24) is 0 Å². The Balaban J connectivity index is 2.20. The fourth-order valence-corrected chi connectivity index (χ4v) is 3.68. The quantitative estimate of drug-likeness (QED) is 0.877. The number of rotatable bonds is 3. The summed E-state index contributed by atoms with van der Waals surface area (Å²) in [4.78, 5) is 0.176. The first-order chi connectivity index (χ1) is 8.07. The van der Waals surface area contributed by atoms with Crippen molar-refractivity contribution >= 4 is 27.5 Å². The molecule has 1 aliphatic heterocycles. The number of primary sulfonamides is 1. The van der Waals surface area contributed by atoms with Crippen molar-refractivity contribution < 1.29 is 8.42 Å². The van der Waals surface area contributed by atoms with Gasteiger partial charge in [-0.2, -0.15) is 11.8 Å². The Morgan fingerprint density at radius 1 is 1.35 bits per heavy atom. The van der Waals surface area contributed by atoms with Gasteiger partial charge in [0.2, 0.25) is 10.0 Å². The van der Waals surface area contributed by atoms with Crippen molar-refractivity contribution in [2.75, 3.05) is 16.8 Å². The zero-order valence-electron chi connectivity index (χ0n) is 9.43. The second-order valence-electron chi connectivity index (χ2n) is 4.10. The molecule has 0 bridgehead atoms. The number of para-hydroxylation sites is 1. The standard InChI is InChI=1S/C11H16N2O2S2/c12-17(14,15)11-6-2-1-5-10(11)13-9-4-3-7-16-8-9/h1-2,5-6,9,13H,3-4,7-8H2,(H2,12,14,15). The molecule has 0 aliphatic carbocycles. The number of nitrogens with one attached hydrogen (secondary N) is 1. The molecule has 1 aliphatic rings. The van der Waals surface area contributed by atoms with Gasteiger partial charge in [-0.15, -0.1) is 0 Å². The van der Waals surface area contributed by atoms with E-state index in [9.17, 15) is 8.42 Å². The largest absolute Gasteiger partial charge is 0.380 e. The van der Waals surface area contributed by atoms with Gasteiger partial charge in [0.15, 0.2) is 0 Å². The van der Waals surface area contributed by atoms with E-state index in [2.05, 4.69) is 5.32 Å². The molecule has 0 aromatic heterocycles. The van der Waals surface area contributed by atoms with Crippen molar-refractivity contribution in [2.45, 2.75) is 23.8 Å². The summed E-state index contributed by atoms with van der Waals surface area (Å²) >= 11 is 1.89. The molecule has 0 radical (unpaired) electrons. The molecule has 94 valence electrons. The van der Waals surface area contributed by atoms with Gasteiger partial charge in [-0.1, -0.05) is 12.1 Å². The van der Waals surface area contributed by atoms with Gasteiger partial charge in [0.1, 0.15) is 4.90 Å². The smallest absolute Gasteiger partial charge is 0.240 e. The molecule has 17 heavy (non-hydrogen) atoms. The van der Waals surface area contributed by atoms with Crippen LogP contribution in [0.4, 0.5) is 5.69 Å². The van der Waals surface area contributed by atoms with Gasteiger partial charge in [-0.05, 0) is 30.7 Å². The molecule has 1 heterocycles. The first kappa shape index (κ1) is 12.7. The van der Waals surface area contributed by atoms with Gasteiger partial charge in [0.25, 0.3) is 0 Å². The van der Waals surface area contributed by atoms with E-state index in [0.29, 0.717) is 11.7 Å². The molecule has 1 fully saturated rings. The monoisotopic (exact) mass is 272 g/mol. The van der Waals surface area contributed by atoms with E-state index in [1.54, 1.807) is 12.1 Å². The maximum atomic E-state index is 11.4. The molecule has 1 saturated heterocycles. The highest BCUT2D eigenvalue weighted by atomic mass is 32.2. The van der Waals surface area contributed by atoms with Gasteiger partial charge in [-0.25, -0.2) is 13.6 Å². The molecule has 2 rings (SSSR count). The van der Waals surface area contributed by atoms with E-state index in [4.69, 9.17) is 5.14 Å². The Bertz CT molecular complexity index is 482. The minimum absolute atomic E-state index is 0.176. The molecule has 1 aromatic rings. The Kier molecular flexibility index (Phi) is 3.96. The Hall–Kier alpha value is -0.720. The summed E-state index contributed by atoms with van der Waals surface area (Å²) in [7, 11) is -3.65. The zero-order chi connectivity index (χ0) is 12.3. The van der Waals surface area contributed by atoms with Crippen LogP contribution >= 0.6 is 11.8 Å². The topological polar surface area (TPSA) is 72.2 Å². The molecular weight excluding hydrogens is 256 g/mol. The lowest BCUT2D eigenvalue weighted by Gasteiger charge is -2.24. The highest BCUT2D eigenvalue weighted by molar-refractivity contribution is 7.99. The van der Waals surface area contributed by atoms with Crippen LogP contribution in [0.15, 0.2) is 29.2 Å². The Morgan fingerprint density at radius 3 is 2.76 bits per heavy atom. The average molecular weight is 272 g/mol. The van der Waals surface area contributed by atoms with Gasteiger partial charge in [-0.3, -0.25) is 0 Å². The molecular formula is C11H16N2O2S2. The van der Waals surface area contributed by atoms with Crippen molar-refractivity contribution in [1.29, 1.82) is 0 Å². The SMILES string of the molecule is NS(=O)(=O)c1ccccc1NC1CCCSC1. The summed E-state index contributed by atoms with van der Waals surface area (Å²) in [6, 6.07) is 7.12. The third-order valence-electron chi connectivity index (χ3n) is 2.71. The summed E-state index contributed by atoms with van der Waals surface area (Å²) in [5.74, 6) is 2.20. The summed E-state index contributed by atoms with van der Waals surface area (Å²) in [5.41, 5.74) is 0.613. The molecule has 6 heteroatoms. The molecule has 0 saturated carbocycles. The van der Waals surface area contributed by atoms with Crippen LogP contribution in [0.1, 0.15) is 12.8 Å². The van der Waals surface area contributed by atoms with Crippen molar-refractivity contribution in [3.05, 3.63) is 24.3 Å². The average Bonchev–Trinajstić information content (AvgIpc) is 2.30. The van der Waals surface area contributed by atoms with Gasteiger partial charge in [0, 0.05) is 11.8 Å². The van der Waals surface area contributed by atoms with Crippen molar-refractivity contribution in [3.8, 4) is 0 Å². The number of nitrogens with two attached hydrogens (primary N) is 1. The van der Waals surface area contributed by atoms with Crippen LogP contribution < -0.4 is 10.5 Å². The van der Waals surface area contributed by atoms with Crippen LogP contribution in [0.2, 0.25) is 0 Å². The number of sulfonamides is 1. The van der Waals surface area contributed by atoms with Crippen LogP contribution in [0, 0.1) is 0 Å². The number of anilines is 1. The van der Waals surface area contributed by atoms with Crippen molar-refractivity contribution in [3.63, 3.8) is 0 Å². The van der Waals surface area contributed by atoms with Crippen LogP contribution in [0.25, 0.3) is 0 Å². The van der Waals surface area contributed by atoms with E-state index in [1.165, 1.54) is 18.2 Å². The van der Waals surface area contributed by atoms with E-state index in [-0.39, 0.29) is 4.90 Å². The lowest BCUT2D eigenvalue weighted by atomic mass is 10.1. The second-order valence-corrected chi connectivity index (χ2v) is 6.78. The molecule has 0 spiro atoms. The van der Waals surface area contributed by atoms with Gasteiger partial charge in [0.05, 0.1) is 5.69 Å². The maximum absolute atomic E-state index is 11.4. The van der Waals surface area contributed by atoms with E-state index < -0.39 is 10.0 Å². The fourth-order valence-electron chi connectivity index (χ4n) is 1.91. The molecule has 1 atom stereocenters. The number of hydrogen-bond donors (Lipinski definition) is 2. The first-order valence-electron chi connectivity index (χ1n) is 5.53. The zero-order valence-corrected chi connectivity index (χ0v) is 11.1. The van der Waals surface area contributed by atoms with Crippen LogP contribution in [-0.4, -0.2) is 26.0 Å². The Labute approximate surface area is 106 Å². The fraction of sp³-hybridized carbons (Fsp3) is 0.455. The summed E-state index contributed by atoms with van der Waals surface area (Å²) < 4.78 is 22.9. The summed E-state index contributed by atoms with van der Waals surface area (Å²) in [6.07, 6.45) is 2.24. The van der Waals surface area contributed by atoms with Gasteiger partial charge < -0.3 is 5.32 Å². The minimum atomic E-state index is -3.65. The van der Waals surface area contributed by atoms with E-state index in [1.807, 2.05) is 17.8 Å². The van der Waals surface area contributed by atoms with Crippen LogP contribution in [0.3, 0.4) is 0 Å². The third-order valence-corrected chi connectivity index (χ3v) is 4.90. The number of benzene rings is 1. The van der Waals surface area contributed by atoms with E-state index >= 15 is 0 Å². The Morgan fingerprint density at radius 2 is 2.12 bits per heavy atom. The lowest BCUT2D eigenvalue weighted by molar-refractivity contribution is 0.597. The molecule has 1 unspecified atom stereocenters. The van der Waals surface area contributed by atoms with Crippen molar-refractivity contribution in [2.24, 2.45) is 5.14 Å². The second kappa shape index (κ2) is 5.29. The normalized spacial score (nSPS) is 21.1. The minimum Gasteiger partial charge on any atom is -0.380 e. The maximum Gasteiger partial charge on any atom is 0.240 e. The van der Waals surface area contributed by atoms with Crippen LogP contribution in [0.5, 0.6) is 0 Å². The first-order valence-corrected chi connectivity index (χ1v) is 8.23. The number of thioether (sulfide) groups is 1. The summed E-state index contributed by atoms with van der Waals surface area (Å²) in [6.45, 7) is 0. The highest BCUT2D eigenvalue weighted by Gasteiger charge is 2.18. The number of hydrogen-bond acceptors (Lipinski definition) is 4. The summed E-state index contributed by atoms with van der Waals surface area (Å²) in [5, 5.41) is 8.47. The third kappa shape index (κ3) is 3.37. The predicted octanol–water partition coefficient (Wildman–Crippen LogP) is 1.64. The molecule has 4 nitrogen and oxygen atoms in total. The lowest BCUT2D eigenvalue weighted by Crippen LogP contribution is -2.27. The highest BCUT2D eigenvalue weighted by Crippen LogP contribution is 2.24. The molecule has 3 N–H and O–H groups in total. The van der Waals surface area contributed by atoms with Gasteiger partial charge >= 0.3 is 0 Å². The predicted molar refractivity (Wildman–Crippen MR) is 71.8 cm³/mol.